The van der Waals surface area contributed by atoms with E-state index in [1.165, 1.54) is 5.56 Å². The molecule has 0 aliphatic rings. The minimum Gasteiger partial charge on any atom is -0.491 e. The first-order chi connectivity index (χ1) is 9.72. The summed E-state index contributed by atoms with van der Waals surface area (Å²) in [5.41, 5.74) is 1.24. The Hall–Kier alpha value is -1.10. The van der Waals surface area contributed by atoms with Gasteiger partial charge in [0.05, 0.1) is 19.3 Å². The van der Waals surface area contributed by atoms with Gasteiger partial charge in [-0.1, -0.05) is 12.1 Å². The van der Waals surface area contributed by atoms with Crippen LogP contribution in [0, 0.1) is 0 Å². The molecule has 1 aromatic rings. The molecular weight excluding hydrogens is 254 g/mol. The van der Waals surface area contributed by atoms with Gasteiger partial charge in [0.25, 0.3) is 0 Å². The number of hydrogen-bond acceptors (Lipinski definition) is 4. The topological polar surface area (TPSA) is 39.7 Å². The van der Waals surface area contributed by atoms with E-state index in [1.807, 2.05) is 26.0 Å². The van der Waals surface area contributed by atoms with Crippen molar-refractivity contribution in [1.82, 2.24) is 5.32 Å². The molecule has 0 atom stereocenters. The lowest BCUT2D eigenvalue weighted by atomic mass is 10.2. The average molecular weight is 281 g/mol. The van der Waals surface area contributed by atoms with Gasteiger partial charge in [-0.15, -0.1) is 0 Å². The Bertz CT molecular complexity index is 355. The minimum absolute atomic E-state index is 0.211. The van der Waals surface area contributed by atoms with Crippen molar-refractivity contribution in [3.8, 4) is 5.75 Å². The van der Waals surface area contributed by atoms with Gasteiger partial charge in [0.1, 0.15) is 5.75 Å². The van der Waals surface area contributed by atoms with E-state index >= 15 is 0 Å². The monoisotopic (exact) mass is 281 g/mol. The van der Waals surface area contributed by atoms with Gasteiger partial charge in [0, 0.05) is 20.3 Å². The molecule has 4 nitrogen and oxygen atoms in total. The quantitative estimate of drug-likeness (QED) is 0.633. The zero-order valence-electron chi connectivity index (χ0n) is 12.9. The van der Waals surface area contributed by atoms with Crippen molar-refractivity contribution in [3.05, 3.63) is 29.8 Å². The third kappa shape index (κ3) is 8.15. The molecule has 0 saturated carbocycles. The summed E-state index contributed by atoms with van der Waals surface area (Å²) in [6.45, 7) is 7.98. The third-order valence-electron chi connectivity index (χ3n) is 2.67. The standard InChI is InChI=1S/C16H27NO3/c1-14(2)20-16-7-4-6-15(12-16)13-17-8-5-9-19-11-10-18-3/h4,6-7,12,14,17H,5,8-11,13H2,1-3H3. The normalized spacial score (nSPS) is 11.0. The van der Waals surface area contributed by atoms with E-state index in [9.17, 15) is 0 Å². The highest BCUT2D eigenvalue weighted by atomic mass is 16.5. The Morgan fingerprint density at radius 1 is 1.15 bits per heavy atom. The van der Waals surface area contributed by atoms with Crippen LogP contribution < -0.4 is 10.1 Å². The lowest BCUT2D eigenvalue weighted by Crippen LogP contribution is -2.17. The summed E-state index contributed by atoms with van der Waals surface area (Å²) in [4.78, 5) is 0. The van der Waals surface area contributed by atoms with Crippen LogP contribution in [0.5, 0.6) is 5.75 Å². The number of ether oxygens (including phenoxy) is 3. The van der Waals surface area contributed by atoms with Crippen LogP contribution in [0.1, 0.15) is 25.8 Å². The van der Waals surface area contributed by atoms with Crippen molar-refractivity contribution >= 4 is 0 Å². The lowest BCUT2D eigenvalue weighted by molar-refractivity contribution is 0.0695. The molecule has 0 bridgehead atoms. The second kappa shape index (κ2) is 10.7. The maximum atomic E-state index is 5.68. The molecule has 20 heavy (non-hydrogen) atoms. The molecule has 1 rings (SSSR count). The molecule has 0 fully saturated rings. The summed E-state index contributed by atoms with van der Waals surface area (Å²) < 4.78 is 16.0. The van der Waals surface area contributed by atoms with Crippen LogP contribution >= 0.6 is 0 Å². The summed E-state index contributed by atoms with van der Waals surface area (Å²) in [6.07, 6.45) is 1.22. The molecule has 4 heteroatoms. The first-order valence-electron chi connectivity index (χ1n) is 7.25. The molecular formula is C16H27NO3. The maximum Gasteiger partial charge on any atom is 0.120 e. The van der Waals surface area contributed by atoms with E-state index in [2.05, 4.69) is 17.4 Å². The molecule has 0 aliphatic heterocycles. The van der Waals surface area contributed by atoms with Gasteiger partial charge in [0.15, 0.2) is 0 Å². The fraction of sp³-hybridized carbons (Fsp3) is 0.625. The third-order valence-corrected chi connectivity index (χ3v) is 2.67. The van der Waals surface area contributed by atoms with E-state index in [4.69, 9.17) is 14.2 Å². The van der Waals surface area contributed by atoms with Gasteiger partial charge in [-0.05, 0) is 44.5 Å². The molecule has 1 aromatic carbocycles. The van der Waals surface area contributed by atoms with Gasteiger partial charge >= 0.3 is 0 Å². The highest BCUT2D eigenvalue weighted by molar-refractivity contribution is 5.28. The van der Waals surface area contributed by atoms with Crippen LogP contribution in [0.3, 0.4) is 0 Å². The number of rotatable bonds is 11. The largest absolute Gasteiger partial charge is 0.491 e. The van der Waals surface area contributed by atoms with Crippen molar-refractivity contribution in [3.63, 3.8) is 0 Å². The molecule has 0 unspecified atom stereocenters. The van der Waals surface area contributed by atoms with Crippen molar-refractivity contribution in [1.29, 1.82) is 0 Å². The Morgan fingerprint density at radius 2 is 2.00 bits per heavy atom. The summed E-state index contributed by atoms with van der Waals surface area (Å²) in [5.74, 6) is 0.933. The molecule has 0 aliphatic carbocycles. The average Bonchev–Trinajstić information content (AvgIpc) is 2.41. The first-order valence-corrected chi connectivity index (χ1v) is 7.25. The zero-order chi connectivity index (χ0) is 14.6. The zero-order valence-corrected chi connectivity index (χ0v) is 12.9. The van der Waals surface area contributed by atoms with Gasteiger partial charge in [-0.25, -0.2) is 0 Å². The molecule has 0 saturated heterocycles. The lowest BCUT2D eigenvalue weighted by Gasteiger charge is -2.11. The summed E-state index contributed by atoms with van der Waals surface area (Å²) in [5, 5.41) is 3.41. The van der Waals surface area contributed by atoms with Crippen LogP contribution in [0.15, 0.2) is 24.3 Å². The summed E-state index contributed by atoms with van der Waals surface area (Å²) in [6, 6.07) is 8.22. The van der Waals surface area contributed by atoms with E-state index in [0.29, 0.717) is 13.2 Å². The Balaban J connectivity index is 2.12. The van der Waals surface area contributed by atoms with Crippen molar-refractivity contribution in [2.75, 3.05) is 33.5 Å². The second-order valence-corrected chi connectivity index (χ2v) is 4.95. The van der Waals surface area contributed by atoms with E-state index < -0.39 is 0 Å². The van der Waals surface area contributed by atoms with Crippen molar-refractivity contribution < 1.29 is 14.2 Å². The van der Waals surface area contributed by atoms with Crippen LogP contribution in [0.25, 0.3) is 0 Å². The van der Waals surface area contributed by atoms with Crippen LogP contribution in [-0.2, 0) is 16.0 Å². The smallest absolute Gasteiger partial charge is 0.120 e. The molecule has 0 heterocycles. The number of methoxy groups -OCH3 is 1. The highest BCUT2D eigenvalue weighted by Gasteiger charge is 1.99. The van der Waals surface area contributed by atoms with Gasteiger partial charge in [0.2, 0.25) is 0 Å². The van der Waals surface area contributed by atoms with Crippen LogP contribution in [-0.4, -0.2) is 39.6 Å². The highest BCUT2D eigenvalue weighted by Crippen LogP contribution is 2.14. The fourth-order valence-corrected chi connectivity index (χ4v) is 1.78. The molecule has 114 valence electrons. The van der Waals surface area contributed by atoms with Crippen molar-refractivity contribution in [2.24, 2.45) is 0 Å². The summed E-state index contributed by atoms with van der Waals surface area (Å²) in [7, 11) is 1.68. The Labute approximate surface area is 122 Å². The molecule has 1 N–H and O–H groups in total. The predicted octanol–water partition coefficient (Wildman–Crippen LogP) is 2.62. The molecule has 0 spiro atoms. The maximum absolute atomic E-state index is 5.68. The van der Waals surface area contributed by atoms with Gasteiger partial charge in [-0.3, -0.25) is 0 Å². The first kappa shape index (κ1) is 17.0. The number of nitrogens with one attached hydrogen (secondary N) is 1. The minimum atomic E-state index is 0.211. The van der Waals surface area contributed by atoms with E-state index in [0.717, 1.165) is 31.9 Å². The summed E-state index contributed by atoms with van der Waals surface area (Å²) >= 11 is 0. The van der Waals surface area contributed by atoms with E-state index in [-0.39, 0.29) is 6.10 Å². The SMILES string of the molecule is COCCOCCCNCc1cccc(OC(C)C)c1. The van der Waals surface area contributed by atoms with Gasteiger partial charge in [-0.2, -0.15) is 0 Å². The van der Waals surface area contributed by atoms with E-state index in [1.54, 1.807) is 7.11 Å². The number of benzene rings is 1. The molecule has 0 radical (unpaired) electrons. The Morgan fingerprint density at radius 3 is 2.75 bits per heavy atom. The molecule has 0 amide bonds. The van der Waals surface area contributed by atoms with Crippen LogP contribution in [0.4, 0.5) is 0 Å². The number of hydrogen-bond donors (Lipinski definition) is 1. The van der Waals surface area contributed by atoms with Gasteiger partial charge < -0.3 is 19.5 Å². The predicted molar refractivity (Wildman–Crippen MR) is 81.2 cm³/mol. The molecule has 0 aromatic heterocycles. The fourth-order valence-electron chi connectivity index (χ4n) is 1.78. The van der Waals surface area contributed by atoms with Crippen LogP contribution in [0.2, 0.25) is 0 Å². The second-order valence-electron chi connectivity index (χ2n) is 4.95. The Kier molecular flexibility index (Phi) is 9.04. The van der Waals surface area contributed by atoms with Crippen molar-refractivity contribution in [2.45, 2.75) is 32.9 Å².